The number of esters is 2. The highest BCUT2D eigenvalue weighted by molar-refractivity contribution is 7.47. The van der Waals surface area contributed by atoms with Crippen molar-refractivity contribution >= 4 is 19.8 Å². The number of carbonyl (C=O) groups is 2. The van der Waals surface area contributed by atoms with Gasteiger partial charge in [0.15, 0.2) is 6.10 Å². The van der Waals surface area contributed by atoms with Crippen LogP contribution in [0.5, 0.6) is 0 Å². The van der Waals surface area contributed by atoms with Crippen LogP contribution in [-0.4, -0.2) is 74.9 Å². The minimum atomic E-state index is -4.37. The number of hydrogen-bond acceptors (Lipinski definition) is 7. The van der Waals surface area contributed by atoms with Crippen molar-refractivity contribution in [2.75, 3.05) is 47.5 Å². The monoisotopic (exact) mass is 717 g/mol. The molecule has 9 nitrogen and oxygen atoms in total. The number of nitrogens with zero attached hydrogens (tertiary/aromatic N) is 1. The van der Waals surface area contributed by atoms with Crippen LogP contribution in [0.4, 0.5) is 0 Å². The number of ether oxygens (including phenoxy) is 2. The van der Waals surface area contributed by atoms with Gasteiger partial charge in [-0.1, -0.05) is 134 Å². The number of unbranched alkanes of at least 4 members (excludes halogenated alkanes) is 17. The predicted octanol–water partition coefficient (Wildman–Crippen LogP) is 10.4. The first-order chi connectivity index (χ1) is 23.5. The lowest BCUT2D eigenvalue weighted by molar-refractivity contribution is -0.870. The first-order valence-corrected chi connectivity index (χ1v) is 21.1. The number of phosphoric ester groups is 1. The van der Waals surface area contributed by atoms with Crippen molar-refractivity contribution in [1.82, 2.24) is 0 Å². The lowest BCUT2D eigenvalue weighted by Crippen LogP contribution is -2.37. The second kappa shape index (κ2) is 32.4. The standard InChI is InChI=1S/C39H74NO8P/c1-6-8-10-12-14-16-18-20-22-23-25-27-29-31-38(41)45-35-37(36-47-49(43,44)46-34-33-40(3,4)5)48-39(42)32-30-28-26-24-21-19-17-15-13-11-9-7-2/h9,11,15,17,37H,6-8,10,12-14,16,18-36H2,1-5H3/p+1/b11-9+,17-15+/t37-/m1/s1. The van der Waals surface area contributed by atoms with Crippen LogP contribution in [0.2, 0.25) is 0 Å². The molecule has 0 aliphatic rings. The minimum absolute atomic E-state index is 0.0302. The Kier molecular flexibility index (Phi) is 31.4. The van der Waals surface area contributed by atoms with Gasteiger partial charge < -0.3 is 18.9 Å². The van der Waals surface area contributed by atoms with Crippen molar-refractivity contribution in [2.24, 2.45) is 0 Å². The van der Waals surface area contributed by atoms with E-state index in [1.165, 1.54) is 64.2 Å². The van der Waals surface area contributed by atoms with Gasteiger partial charge >= 0.3 is 19.8 Å². The van der Waals surface area contributed by atoms with Crippen molar-refractivity contribution in [2.45, 2.75) is 168 Å². The molecule has 0 saturated heterocycles. The average Bonchev–Trinajstić information content (AvgIpc) is 3.04. The summed E-state index contributed by atoms with van der Waals surface area (Å²) in [5.74, 6) is -0.814. The molecule has 0 saturated carbocycles. The van der Waals surface area contributed by atoms with Crippen LogP contribution in [0, 0.1) is 0 Å². The Morgan fingerprint density at radius 3 is 1.71 bits per heavy atom. The van der Waals surface area contributed by atoms with Crippen LogP contribution in [0.3, 0.4) is 0 Å². The second-order valence-corrected chi connectivity index (χ2v) is 15.7. The smallest absolute Gasteiger partial charge is 0.462 e. The van der Waals surface area contributed by atoms with Crippen LogP contribution in [-0.2, 0) is 32.7 Å². The molecule has 0 aromatic carbocycles. The Bertz CT molecular complexity index is 902. The highest BCUT2D eigenvalue weighted by Crippen LogP contribution is 2.43. The summed E-state index contributed by atoms with van der Waals surface area (Å²) in [7, 11) is 1.47. The SMILES string of the molecule is CC/C=C/C/C=C/CCCCCCCC(=O)O[C@H](COC(=O)CCCCCCCCCCCCCCC)COP(=O)(O)OCC[N+](C)(C)C. The van der Waals surface area contributed by atoms with E-state index >= 15 is 0 Å². The molecule has 1 N–H and O–H groups in total. The van der Waals surface area contributed by atoms with Gasteiger partial charge in [0.1, 0.15) is 19.8 Å². The summed E-state index contributed by atoms with van der Waals surface area (Å²) in [5.41, 5.74) is 0. The molecule has 10 heteroatoms. The average molecular weight is 717 g/mol. The summed E-state index contributed by atoms with van der Waals surface area (Å²) in [6, 6.07) is 0. The maximum absolute atomic E-state index is 12.6. The van der Waals surface area contributed by atoms with Crippen LogP contribution < -0.4 is 0 Å². The molecular weight excluding hydrogens is 641 g/mol. The van der Waals surface area contributed by atoms with Gasteiger partial charge in [0, 0.05) is 12.8 Å². The number of hydrogen-bond donors (Lipinski definition) is 1. The zero-order valence-electron chi connectivity index (χ0n) is 32.2. The van der Waals surface area contributed by atoms with Gasteiger partial charge in [-0.3, -0.25) is 18.6 Å². The van der Waals surface area contributed by atoms with E-state index in [0.29, 0.717) is 17.4 Å². The van der Waals surface area contributed by atoms with Crippen LogP contribution in [0.1, 0.15) is 162 Å². The summed E-state index contributed by atoms with van der Waals surface area (Å²) >= 11 is 0. The lowest BCUT2D eigenvalue weighted by Gasteiger charge is -2.24. The third-order valence-corrected chi connectivity index (χ3v) is 9.23. The van der Waals surface area contributed by atoms with Crippen molar-refractivity contribution in [3.63, 3.8) is 0 Å². The summed E-state index contributed by atoms with van der Waals surface area (Å²) in [6.07, 6.45) is 32.2. The van der Waals surface area contributed by atoms with E-state index in [9.17, 15) is 19.0 Å². The molecule has 0 radical (unpaired) electrons. The number of carbonyl (C=O) groups excluding carboxylic acids is 2. The fourth-order valence-corrected chi connectivity index (χ4v) is 5.91. The molecule has 0 heterocycles. The summed E-state index contributed by atoms with van der Waals surface area (Å²) in [5, 5.41) is 0. The van der Waals surface area contributed by atoms with E-state index in [4.69, 9.17) is 18.5 Å². The normalized spacial score (nSPS) is 14.0. The second-order valence-electron chi connectivity index (χ2n) is 14.3. The Morgan fingerprint density at radius 2 is 1.16 bits per heavy atom. The summed E-state index contributed by atoms with van der Waals surface area (Å²) < 4.78 is 34.1. The van der Waals surface area contributed by atoms with E-state index < -0.39 is 26.5 Å². The first-order valence-electron chi connectivity index (χ1n) is 19.6. The fraction of sp³-hybridized carbons (Fsp3) is 0.846. The molecule has 0 aliphatic carbocycles. The van der Waals surface area contributed by atoms with Gasteiger partial charge in [0.2, 0.25) is 0 Å². The van der Waals surface area contributed by atoms with Crippen LogP contribution >= 0.6 is 7.82 Å². The van der Waals surface area contributed by atoms with E-state index in [-0.39, 0.29) is 32.0 Å². The lowest BCUT2D eigenvalue weighted by atomic mass is 10.0. The van der Waals surface area contributed by atoms with Crippen molar-refractivity contribution in [3.05, 3.63) is 24.3 Å². The molecular formula is C39H75NO8P+. The minimum Gasteiger partial charge on any atom is -0.462 e. The van der Waals surface area contributed by atoms with Gasteiger partial charge in [-0.25, -0.2) is 4.57 Å². The number of allylic oxidation sites excluding steroid dienone is 4. The number of quaternary nitrogens is 1. The zero-order chi connectivity index (χ0) is 36.5. The zero-order valence-corrected chi connectivity index (χ0v) is 33.1. The van der Waals surface area contributed by atoms with E-state index in [0.717, 1.165) is 64.2 Å². The molecule has 1 unspecified atom stereocenters. The molecule has 0 spiro atoms. The van der Waals surface area contributed by atoms with Gasteiger partial charge in [0.25, 0.3) is 0 Å². The number of rotatable bonds is 35. The molecule has 0 aromatic heterocycles. The van der Waals surface area contributed by atoms with Gasteiger partial charge in [-0.05, 0) is 38.5 Å². The van der Waals surface area contributed by atoms with E-state index in [1.54, 1.807) is 0 Å². The maximum atomic E-state index is 12.6. The van der Waals surface area contributed by atoms with Crippen molar-refractivity contribution in [1.29, 1.82) is 0 Å². The third-order valence-electron chi connectivity index (χ3n) is 8.25. The number of phosphoric acid groups is 1. The molecule has 0 aromatic rings. The molecule has 288 valence electrons. The Morgan fingerprint density at radius 1 is 0.653 bits per heavy atom. The Balaban J connectivity index is 4.43. The topological polar surface area (TPSA) is 108 Å². The molecule has 0 fully saturated rings. The molecule has 49 heavy (non-hydrogen) atoms. The van der Waals surface area contributed by atoms with Crippen molar-refractivity contribution in [3.8, 4) is 0 Å². The Hall–Kier alpha value is -1.51. The molecule has 0 bridgehead atoms. The maximum Gasteiger partial charge on any atom is 0.472 e. The fourth-order valence-electron chi connectivity index (χ4n) is 5.17. The largest absolute Gasteiger partial charge is 0.472 e. The summed E-state index contributed by atoms with van der Waals surface area (Å²) in [6.45, 7) is 4.28. The Labute approximate surface area is 300 Å². The van der Waals surface area contributed by atoms with Gasteiger partial charge in [0.05, 0.1) is 27.7 Å². The summed E-state index contributed by atoms with van der Waals surface area (Å²) in [4.78, 5) is 35.2. The van der Waals surface area contributed by atoms with Crippen molar-refractivity contribution < 1.29 is 42.1 Å². The molecule has 0 amide bonds. The molecule has 0 rings (SSSR count). The van der Waals surface area contributed by atoms with E-state index in [2.05, 4.69) is 38.2 Å². The van der Waals surface area contributed by atoms with Gasteiger partial charge in [-0.2, -0.15) is 0 Å². The number of likely N-dealkylation sites (N-methyl/N-ethyl adjacent to an activating group) is 1. The van der Waals surface area contributed by atoms with Crippen LogP contribution in [0.15, 0.2) is 24.3 Å². The highest BCUT2D eigenvalue weighted by atomic mass is 31.2. The molecule has 0 aliphatic heterocycles. The van der Waals surface area contributed by atoms with Crippen LogP contribution in [0.25, 0.3) is 0 Å². The molecule has 2 atom stereocenters. The third kappa shape index (κ3) is 36.1. The van der Waals surface area contributed by atoms with Gasteiger partial charge in [-0.15, -0.1) is 0 Å². The van der Waals surface area contributed by atoms with E-state index in [1.807, 2.05) is 21.1 Å². The predicted molar refractivity (Wildman–Crippen MR) is 201 cm³/mol. The highest BCUT2D eigenvalue weighted by Gasteiger charge is 2.27. The first kappa shape index (κ1) is 47.5. The quantitative estimate of drug-likeness (QED) is 0.0227.